The minimum Gasteiger partial charge on any atom is -0.469 e. The standard InChI is InChI=1S/C9H7BrClF2NO2/c1-16-6(15)2-4-5(10)3-14-8(11)7(4)9(12)13/h3,9H,2H2,1H3. The summed E-state index contributed by atoms with van der Waals surface area (Å²) >= 11 is 8.60. The van der Waals surface area contributed by atoms with Gasteiger partial charge < -0.3 is 4.74 Å². The summed E-state index contributed by atoms with van der Waals surface area (Å²) in [5.41, 5.74) is -0.344. The van der Waals surface area contributed by atoms with Gasteiger partial charge in [0.1, 0.15) is 5.15 Å². The van der Waals surface area contributed by atoms with Gasteiger partial charge in [0, 0.05) is 10.7 Å². The van der Waals surface area contributed by atoms with Crippen molar-refractivity contribution in [3.05, 3.63) is 26.9 Å². The average molecular weight is 315 g/mol. The summed E-state index contributed by atoms with van der Waals surface area (Å²) in [6, 6.07) is 0. The fourth-order valence-electron chi connectivity index (χ4n) is 1.13. The second kappa shape index (κ2) is 5.54. The molecule has 0 spiro atoms. The van der Waals surface area contributed by atoms with E-state index in [1.165, 1.54) is 13.3 Å². The zero-order chi connectivity index (χ0) is 12.3. The van der Waals surface area contributed by atoms with Crippen LogP contribution < -0.4 is 0 Å². The van der Waals surface area contributed by atoms with Gasteiger partial charge in [-0.15, -0.1) is 0 Å². The predicted octanol–water partition coefficient (Wildman–Crippen LogP) is 3.15. The highest BCUT2D eigenvalue weighted by Gasteiger charge is 2.22. The van der Waals surface area contributed by atoms with Gasteiger partial charge in [-0.3, -0.25) is 4.79 Å². The number of aromatic nitrogens is 1. The molecule has 0 atom stereocenters. The van der Waals surface area contributed by atoms with E-state index < -0.39 is 18.0 Å². The molecule has 0 aliphatic heterocycles. The third-order valence-corrected chi connectivity index (χ3v) is 2.88. The molecule has 0 aliphatic carbocycles. The van der Waals surface area contributed by atoms with Crippen molar-refractivity contribution in [2.75, 3.05) is 7.11 Å². The number of nitrogens with zero attached hydrogens (tertiary/aromatic N) is 1. The van der Waals surface area contributed by atoms with Crippen molar-refractivity contribution < 1.29 is 18.3 Å². The molecule has 0 aliphatic rings. The third kappa shape index (κ3) is 2.89. The van der Waals surface area contributed by atoms with Gasteiger partial charge in [-0.25, -0.2) is 13.8 Å². The van der Waals surface area contributed by atoms with Crippen LogP contribution in [-0.4, -0.2) is 18.1 Å². The Morgan fingerprint density at radius 2 is 2.31 bits per heavy atom. The van der Waals surface area contributed by atoms with Crippen molar-refractivity contribution in [3.8, 4) is 0 Å². The minimum absolute atomic E-state index is 0.0989. The number of rotatable bonds is 3. The predicted molar refractivity (Wildman–Crippen MR) is 57.6 cm³/mol. The van der Waals surface area contributed by atoms with Gasteiger partial charge in [0.2, 0.25) is 0 Å². The molecule has 1 aromatic heterocycles. The van der Waals surface area contributed by atoms with E-state index >= 15 is 0 Å². The number of methoxy groups -OCH3 is 1. The van der Waals surface area contributed by atoms with E-state index in [4.69, 9.17) is 11.6 Å². The summed E-state index contributed by atoms with van der Waals surface area (Å²) < 4.78 is 30.2. The quantitative estimate of drug-likeness (QED) is 0.635. The summed E-state index contributed by atoms with van der Waals surface area (Å²) in [6.45, 7) is 0. The first-order valence-corrected chi connectivity index (χ1v) is 5.32. The zero-order valence-electron chi connectivity index (χ0n) is 8.14. The van der Waals surface area contributed by atoms with E-state index in [1.807, 2.05) is 0 Å². The van der Waals surface area contributed by atoms with Crippen molar-refractivity contribution in [2.24, 2.45) is 0 Å². The normalized spacial score (nSPS) is 10.6. The van der Waals surface area contributed by atoms with Crippen LogP contribution in [0.5, 0.6) is 0 Å². The second-order valence-electron chi connectivity index (χ2n) is 2.84. The van der Waals surface area contributed by atoms with Crippen LogP contribution in [0.25, 0.3) is 0 Å². The number of carbonyl (C=O) groups is 1. The zero-order valence-corrected chi connectivity index (χ0v) is 10.5. The number of pyridine rings is 1. The van der Waals surface area contributed by atoms with Gasteiger partial charge in [0.05, 0.1) is 19.1 Å². The van der Waals surface area contributed by atoms with Gasteiger partial charge in [-0.05, 0) is 21.5 Å². The lowest BCUT2D eigenvalue weighted by molar-refractivity contribution is -0.139. The molecule has 0 aromatic carbocycles. The van der Waals surface area contributed by atoms with Crippen molar-refractivity contribution in [1.29, 1.82) is 0 Å². The van der Waals surface area contributed by atoms with Crippen LogP contribution in [0.3, 0.4) is 0 Å². The monoisotopic (exact) mass is 313 g/mol. The Kier molecular flexibility index (Phi) is 4.61. The highest BCUT2D eigenvalue weighted by molar-refractivity contribution is 9.10. The molecule has 0 unspecified atom stereocenters. The van der Waals surface area contributed by atoms with Gasteiger partial charge in [-0.1, -0.05) is 11.6 Å². The SMILES string of the molecule is COC(=O)Cc1c(Br)cnc(Cl)c1C(F)F. The molecular formula is C9H7BrClF2NO2. The van der Waals surface area contributed by atoms with E-state index in [-0.39, 0.29) is 17.1 Å². The lowest BCUT2D eigenvalue weighted by atomic mass is 10.1. The number of hydrogen-bond acceptors (Lipinski definition) is 3. The Bertz CT molecular complexity index is 415. The summed E-state index contributed by atoms with van der Waals surface area (Å²) in [5, 5.41) is -0.308. The Balaban J connectivity index is 3.23. The molecule has 0 fully saturated rings. The molecule has 0 amide bonds. The van der Waals surface area contributed by atoms with Gasteiger partial charge in [0.15, 0.2) is 0 Å². The van der Waals surface area contributed by atoms with Crippen LogP contribution in [0.4, 0.5) is 8.78 Å². The molecule has 0 N–H and O–H groups in total. The number of hydrogen-bond donors (Lipinski definition) is 0. The number of alkyl halides is 2. The van der Waals surface area contributed by atoms with Crippen molar-refractivity contribution in [2.45, 2.75) is 12.8 Å². The fraction of sp³-hybridized carbons (Fsp3) is 0.333. The largest absolute Gasteiger partial charge is 0.469 e. The van der Waals surface area contributed by atoms with Gasteiger partial charge >= 0.3 is 5.97 Å². The number of halogens is 4. The number of carbonyl (C=O) groups excluding carboxylic acids is 1. The molecule has 0 saturated heterocycles. The molecule has 1 heterocycles. The van der Waals surface area contributed by atoms with E-state index in [2.05, 4.69) is 25.7 Å². The highest BCUT2D eigenvalue weighted by Crippen LogP contribution is 2.33. The van der Waals surface area contributed by atoms with Crippen molar-refractivity contribution in [3.63, 3.8) is 0 Å². The summed E-state index contributed by atoms with van der Waals surface area (Å²) in [6.07, 6.45) is -1.80. The first-order chi connectivity index (χ1) is 7.47. The van der Waals surface area contributed by atoms with Crippen LogP contribution in [0.15, 0.2) is 10.7 Å². The molecule has 1 rings (SSSR count). The van der Waals surface area contributed by atoms with Gasteiger partial charge in [-0.2, -0.15) is 0 Å². The lowest BCUT2D eigenvalue weighted by Gasteiger charge is -2.11. The number of ether oxygens (including phenoxy) is 1. The molecule has 7 heteroatoms. The molecule has 88 valence electrons. The van der Waals surface area contributed by atoms with Crippen LogP contribution in [0.1, 0.15) is 17.6 Å². The average Bonchev–Trinajstić information content (AvgIpc) is 2.22. The summed E-state index contributed by atoms with van der Waals surface area (Å²) in [4.78, 5) is 14.6. The molecule has 3 nitrogen and oxygen atoms in total. The minimum atomic E-state index is -2.79. The summed E-state index contributed by atoms with van der Waals surface area (Å²) in [5.74, 6) is -0.620. The Morgan fingerprint density at radius 3 is 2.81 bits per heavy atom. The molecule has 0 radical (unpaired) electrons. The van der Waals surface area contributed by atoms with Crippen molar-refractivity contribution in [1.82, 2.24) is 4.98 Å². The van der Waals surface area contributed by atoms with E-state index in [0.29, 0.717) is 4.47 Å². The Hall–Kier alpha value is -0.750. The maximum Gasteiger partial charge on any atom is 0.310 e. The molecule has 0 bridgehead atoms. The fourth-order valence-corrected chi connectivity index (χ4v) is 1.83. The molecular weight excluding hydrogens is 307 g/mol. The molecule has 16 heavy (non-hydrogen) atoms. The highest BCUT2D eigenvalue weighted by atomic mass is 79.9. The van der Waals surface area contributed by atoms with E-state index in [9.17, 15) is 13.6 Å². The maximum atomic E-state index is 12.7. The van der Waals surface area contributed by atoms with E-state index in [1.54, 1.807) is 0 Å². The van der Waals surface area contributed by atoms with Crippen LogP contribution in [0.2, 0.25) is 5.15 Å². The first-order valence-electron chi connectivity index (χ1n) is 4.15. The molecule has 1 aromatic rings. The Labute approximate surface area is 104 Å². The van der Waals surface area contributed by atoms with E-state index in [0.717, 1.165) is 0 Å². The maximum absolute atomic E-state index is 12.7. The van der Waals surface area contributed by atoms with Crippen LogP contribution in [0, 0.1) is 0 Å². The lowest BCUT2D eigenvalue weighted by Crippen LogP contribution is -2.09. The van der Waals surface area contributed by atoms with Crippen molar-refractivity contribution >= 4 is 33.5 Å². The van der Waals surface area contributed by atoms with Gasteiger partial charge in [0.25, 0.3) is 6.43 Å². The molecule has 0 saturated carbocycles. The first kappa shape index (κ1) is 13.3. The summed E-state index contributed by atoms with van der Waals surface area (Å²) in [7, 11) is 1.18. The van der Waals surface area contributed by atoms with Crippen LogP contribution >= 0.6 is 27.5 Å². The van der Waals surface area contributed by atoms with Crippen LogP contribution in [-0.2, 0) is 16.0 Å². The number of esters is 1. The smallest absolute Gasteiger partial charge is 0.310 e. The Morgan fingerprint density at radius 1 is 1.69 bits per heavy atom. The second-order valence-corrected chi connectivity index (χ2v) is 4.06. The third-order valence-electron chi connectivity index (χ3n) is 1.89. The topological polar surface area (TPSA) is 39.2 Å².